The molecule has 0 amide bonds. The first-order valence-corrected chi connectivity index (χ1v) is 24.5. The van der Waals surface area contributed by atoms with Gasteiger partial charge in [-0.25, -0.2) is 0 Å². The standard InChI is InChI=1S/C64H56N4/c65-45-63-53(27-21-47-23-35-57(36-24-47)67(55-17-9-3-10-18-55)59-39-29-51(30-40-59)49-13-5-1-6-14-49)33-43-62-61(63)44-34-54(64(62)46-66)28-22-48-25-37-58(38-26-48)68(56-19-11-4-12-20-56)60-41-31-52(32-42-60)50-15-7-2-8-16-50/h3-4,9-12,17-44,49-50H,1-2,5-8,13-16H2/b27-21-,28-22-. The number of nitrogens with zero attached hydrogens (tertiary/aromatic N) is 4. The molecule has 68 heavy (non-hydrogen) atoms. The van der Waals surface area contributed by atoms with E-state index in [0.717, 1.165) is 67.2 Å². The van der Waals surface area contributed by atoms with Crippen LogP contribution in [0.25, 0.3) is 35.1 Å². The zero-order valence-electron chi connectivity index (χ0n) is 38.6. The molecule has 0 saturated heterocycles. The molecule has 4 heteroatoms. The Kier molecular flexibility index (Phi) is 13.4. The van der Waals surface area contributed by atoms with E-state index < -0.39 is 0 Å². The van der Waals surface area contributed by atoms with Gasteiger partial charge >= 0.3 is 0 Å². The second-order valence-electron chi connectivity index (χ2n) is 18.4. The molecule has 2 aliphatic carbocycles. The van der Waals surface area contributed by atoms with Crippen molar-refractivity contribution in [3.63, 3.8) is 0 Å². The van der Waals surface area contributed by atoms with E-state index in [2.05, 4.69) is 192 Å². The van der Waals surface area contributed by atoms with Crippen LogP contribution < -0.4 is 9.80 Å². The molecule has 0 N–H and O–H groups in total. The zero-order chi connectivity index (χ0) is 46.1. The summed E-state index contributed by atoms with van der Waals surface area (Å²) in [6, 6.07) is 69.3. The maximum Gasteiger partial charge on any atom is 0.100 e. The minimum absolute atomic E-state index is 0.552. The Bertz CT molecular complexity index is 2890. The molecule has 4 nitrogen and oxygen atoms in total. The van der Waals surface area contributed by atoms with Crippen molar-refractivity contribution >= 4 is 69.2 Å². The number of anilines is 6. The van der Waals surface area contributed by atoms with Crippen LogP contribution in [0.5, 0.6) is 0 Å². The maximum absolute atomic E-state index is 10.5. The Balaban J connectivity index is 0.863. The van der Waals surface area contributed by atoms with Gasteiger partial charge in [-0.3, -0.25) is 0 Å². The van der Waals surface area contributed by atoms with E-state index in [4.69, 9.17) is 0 Å². The molecular weight excluding hydrogens is 825 g/mol. The third kappa shape index (κ3) is 9.64. The van der Waals surface area contributed by atoms with Crippen LogP contribution in [0, 0.1) is 22.7 Å². The highest BCUT2D eigenvalue weighted by Crippen LogP contribution is 2.40. The Morgan fingerprint density at radius 3 is 1.00 bits per heavy atom. The number of benzene rings is 8. The van der Waals surface area contributed by atoms with E-state index >= 15 is 0 Å². The predicted molar refractivity (Wildman–Crippen MR) is 285 cm³/mol. The van der Waals surface area contributed by atoms with E-state index in [0.29, 0.717) is 23.0 Å². The molecular formula is C64H56N4. The fourth-order valence-electron chi connectivity index (χ4n) is 10.5. The molecule has 10 rings (SSSR count). The van der Waals surface area contributed by atoms with Crippen molar-refractivity contribution in [2.75, 3.05) is 9.80 Å². The molecule has 2 aliphatic rings. The molecule has 0 heterocycles. The summed E-state index contributed by atoms with van der Waals surface area (Å²) in [5.74, 6) is 1.33. The van der Waals surface area contributed by atoms with Crippen molar-refractivity contribution < 1.29 is 0 Å². The van der Waals surface area contributed by atoms with Crippen molar-refractivity contribution in [2.24, 2.45) is 0 Å². The van der Waals surface area contributed by atoms with Crippen LogP contribution in [0.4, 0.5) is 34.1 Å². The molecule has 0 atom stereocenters. The van der Waals surface area contributed by atoms with Crippen LogP contribution >= 0.6 is 0 Å². The van der Waals surface area contributed by atoms with Crippen molar-refractivity contribution in [3.8, 4) is 12.1 Å². The summed E-state index contributed by atoms with van der Waals surface area (Å²) in [4.78, 5) is 4.61. The minimum Gasteiger partial charge on any atom is -0.311 e. The smallest absolute Gasteiger partial charge is 0.100 e. The van der Waals surface area contributed by atoms with Crippen molar-refractivity contribution in [1.29, 1.82) is 10.5 Å². The Morgan fingerprint density at radius 2 is 0.662 bits per heavy atom. The number of nitriles is 2. The lowest BCUT2D eigenvalue weighted by Crippen LogP contribution is -2.10. The lowest BCUT2D eigenvalue weighted by atomic mass is 9.84. The fourth-order valence-corrected chi connectivity index (χ4v) is 10.5. The minimum atomic E-state index is 0.552. The van der Waals surface area contributed by atoms with Crippen LogP contribution in [0.3, 0.4) is 0 Å². The Hall–Kier alpha value is -7.92. The first-order chi connectivity index (χ1) is 33.6. The zero-order valence-corrected chi connectivity index (χ0v) is 38.6. The monoisotopic (exact) mass is 880 g/mol. The van der Waals surface area contributed by atoms with Gasteiger partial charge in [0.1, 0.15) is 12.1 Å². The van der Waals surface area contributed by atoms with E-state index in [1.54, 1.807) is 0 Å². The summed E-state index contributed by atoms with van der Waals surface area (Å²) in [7, 11) is 0. The van der Waals surface area contributed by atoms with Gasteiger partial charge in [-0.1, -0.05) is 172 Å². The molecule has 0 bridgehead atoms. The van der Waals surface area contributed by atoms with Gasteiger partial charge < -0.3 is 9.80 Å². The van der Waals surface area contributed by atoms with Gasteiger partial charge in [0.15, 0.2) is 0 Å². The van der Waals surface area contributed by atoms with Crippen molar-refractivity contribution in [2.45, 2.75) is 76.0 Å². The SMILES string of the molecule is N#Cc1c(/C=C\c2ccc(N(c3ccccc3)c3ccc(C4CCCCC4)cc3)cc2)ccc2c(C#N)c(/C=C\c3ccc(N(c4ccccc4)c4ccc(C5CCCCC5)cc4)cc3)ccc12. The van der Waals surface area contributed by atoms with Crippen LogP contribution in [0.1, 0.15) is 121 Å². The fraction of sp³-hybridized carbons (Fsp3) is 0.188. The molecule has 2 saturated carbocycles. The van der Waals surface area contributed by atoms with Crippen LogP contribution in [0.2, 0.25) is 0 Å². The summed E-state index contributed by atoms with van der Waals surface area (Å²) in [6.45, 7) is 0. The maximum atomic E-state index is 10.5. The van der Waals surface area contributed by atoms with Gasteiger partial charge in [0.2, 0.25) is 0 Å². The second kappa shape index (κ2) is 20.7. The molecule has 0 aliphatic heterocycles. The molecule has 0 radical (unpaired) electrons. The molecule has 8 aromatic rings. The highest BCUT2D eigenvalue weighted by molar-refractivity contribution is 5.98. The molecule has 0 spiro atoms. The molecule has 0 aromatic heterocycles. The number of rotatable bonds is 12. The summed E-state index contributed by atoms with van der Waals surface area (Å²) in [5, 5.41) is 22.5. The van der Waals surface area contributed by atoms with Gasteiger partial charge in [-0.15, -0.1) is 0 Å². The number of fused-ring (bicyclic) bond motifs is 1. The summed E-state index contributed by atoms with van der Waals surface area (Å²) in [5.41, 5.74) is 14.3. The quantitative estimate of drug-likeness (QED) is 0.115. The molecule has 2 fully saturated rings. The van der Waals surface area contributed by atoms with E-state index in [-0.39, 0.29) is 0 Å². The Labute approximate surface area is 402 Å². The highest BCUT2D eigenvalue weighted by atomic mass is 15.1. The predicted octanol–water partition coefficient (Wildman–Crippen LogP) is 18.0. The molecule has 0 unspecified atom stereocenters. The normalized spacial score (nSPS) is 14.5. The Morgan fingerprint density at radius 1 is 0.338 bits per heavy atom. The van der Waals surface area contributed by atoms with E-state index in [9.17, 15) is 10.5 Å². The van der Waals surface area contributed by atoms with E-state index in [1.807, 2.05) is 36.4 Å². The summed E-state index contributed by atoms with van der Waals surface area (Å²) in [6.07, 6.45) is 21.3. The molecule has 8 aromatic carbocycles. The van der Waals surface area contributed by atoms with Crippen molar-refractivity contribution in [3.05, 3.63) is 226 Å². The first kappa shape index (κ1) is 43.9. The lowest BCUT2D eigenvalue weighted by molar-refractivity contribution is 0.443. The number of para-hydroxylation sites is 2. The summed E-state index contributed by atoms with van der Waals surface area (Å²) >= 11 is 0. The van der Waals surface area contributed by atoms with Gasteiger partial charge in [0, 0.05) is 44.9 Å². The topological polar surface area (TPSA) is 54.1 Å². The van der Waals surface area contributed by atoms with Crippen LogP contribution in [-0.2, 0) is 0 Å². The van der Waals surface area contributed by atoms with Gasteiger partial charge in [-0.2, -0.15) is 10.5 Å². The molecule has 332 valence electrons. The number of hydrogen-bond acceptors (Lipinski definition) is 4. The second-order valence-corrected chi connectivity index (χ2v) is 18.4. The third-order valence-electron chi connectivity index (χ3n) is 14.2. The summed E-state index contributed by atoms with van der Waals surface area (Å²) < 4.78 is 0. The van der Waals surface area contributed by atoms with Gasteiger partial charge in [0.05, 0.1) is 11.1 Å². The largest absolute Gasteiger partial charge is 0.311 e. The average molecular weight is 881 g/mol. The van der Waals surface area contributed by atoms with Crippen LogP contribution in [-0.4, -0.2) is 0 Å². The van der Waals surface area contributed by atoms with Gasteiger partial charge in [-0.05, 0) is 144 Å². The van der Waals surface area contributed by atoms with Crippen LogP contribution in [0.15, 0.2) is 182 Å². The highest BCUT2D eigenvalue weighted by Gasteiger charge is 2.20. The third-order valence-corrected chi connectivity index (χ3v) is 14.2. The van der Waals surface area contributed by atoms with E-state index in [1.165, 1.54) is 75.3 Å². The van der Waals surface area contributed by atoms with Gasteiger partial charge in [0.25, 0.3) is 0 Å². The van der Waals surface area contributed by atoms with Crippen molar-refractivity contribution in [1.82, 2.24) is 0 Å². The first-order valence-electron chi connectivity index (χ1n) is 24.5. The average Bonchev–Trinajstić information content (AvgIpc) is 3.41. The lowest BCUT2D eigenvalue weighted by Gasteiger charge is -2.27. The number of hydrogen-bond donors (Lipinski definition) is 0.